The summed E-state index contributed by atoms with van der Waals surface area (Å²) in [6, 6.07) is 1.89. The molecule has 1 unspecified atom stereocenters. The molecule has 0 saturated carbocycles. The summed E-state index contributed by atoms with van der Waals surface area (Å²) in [5.74, 6) is 0.792. The van der Waals surface area contributed by atoms with Crippen LogP contribution in [0.15, 0.2) is 18.5 Å². The van der Waals surface area contributed by atoms with Crippen molar-refractivity contribution >= 4 is 5.91 Å². The second-order valence-electron chi connectivity index (χ2n) is 7.93. The first-order valence-corrected chi connectivity index (χ1v) is 10.4. The van der Waals surface area contributed by atoms with Gasteiger partial charge in [-0.25, -0.2) is 4.68 Å². The smallest absolute Gasteiger partial charge is 0.255 e. The van der Waals surface area contributed by atoms with Crippen LogP contribution in [0, 0.1) is 6.92 Å². The number of carbonyl (C=O) groups excluding carboxylic acids is 1. The summed E-state index contributed by atoms with van der Waals surface area (Å²) in [6.45, 7) is 7.17. The van der Waals surface area contributed by atoms with Crippen molar-refractivity contribution in [2.75, 3.05) is 53.1 Å². The fourth-order valence-electron chi connectivity index (χ4n) is 4.50. The monoisotopic (exact) mass is 415 g/mol. The summed E-state index contributed by atoms with van der Waals surface area (Å²) < 4.78 is 12.7. The summed E-state index contributed by atoms with van der Waals surface area (Å²) in [4.78, 5) is 21.8. The number of pyridine rings is 1. The molecule has 2 aliphatic rings. The molecule has 0 aliphatic carbocycles. The van der Waals surface area contributed by atoms with Crippen molar-refractivity contribution in [3.05, 3.63) is 35.4 Å². The lowest BCUT2D eigenvalue weighted by molar-refractivity contribution is -0.0573. The molecule has 1 amide bonds. The number of rotatable bonds is 6. The molecule has 162 valence electrons. The van der Waals surface area contributed by atoms with E-state index in [0.717, 1.165) is 37.3 Å². The van der Waals surface area contributed by atoms with Crippen molar-refractivity contribution in [2.45, 2.75) is 31.8 Å². The van der Waals surface area contributed by atoms with E-state index >= 15 is 0 Å². The molecular weight excluding hydrogens is 386 g/mol. The largest absolute Gasteiger partial charge is 0.383 e. The normalized spacial score (nSPS) is 22.9. The lowest BCUT2D eigenvalue weighted by Gasteiger charge is -2.49. The van der Waals surface area contributed by atoms with Crippen molar-refractivity contribution in [3.8, 4) is 0 Å². The molecule has 4 heterocycles. The van der Waals surface area contributed by atoms with Crippen molar-refractivity contribution in [1.82, 2.24) is 35.0 Å². The predicted molar refractivity (Wildman–Crippen MR) is 108 cm³/mol. The van der Waals surface area contributed by atoms with E-state index in [1.54, 1.807) is 19.5 Å². The van der Waals surface area contributed by atoms with Crippen LogP contribution in [0.5, 0.6) is 0 Å². The first-order valence-electron chi connectivity index (χ1n) is 10.4. The molecule has 10 nitrogen and oxygen atoms in total. The summed E-state index contributed by atoms with van der Waals surface area (Å²) in [5.41, 5.74) is 1.14. The number of amides is 1. The first kappa shape index (κ1) is 20.8. The van der Waals surface area contributed by atoms with Gasteiger partial charge < -0.3 is 14.4 Å². The lowest BCUT2D eigenvalue weighted by atomic mass is 9.85. The third-order valence-electron chi connectivity index (χ3n) is 5.95. The summed E-state index contributed by atoms with van der Waals surface area (Å²) >= 11 is 0. The Morgan fingerprint density at radius 1 is 1.27 bits per heavy atom. The van der Waals surface area contributed by atoms with E-state index in [1.807, 2.05) is 22.6 Å². The average molecular weight is 415 g/mol. The van der Waals surface area contributed by atoms with Crippen molar-refractivity contribution in [1.29, 1.82) is 0 Å². The van der Waals surface area contributed by atoms with Gasteiger partial charge in [0.1, 0.15) is 5.54 Å². The Morgan fingerprint density at radius 3 is 2.87 bits per heavy atom. The Bertz CT molecular complexity index is 868. The van der Waals surface area contributed by atoms with Crippen LogP contribution in [0.1, 0.15) is 34.6 Å². The minimum atomic E-state index is -0.452. The van der Waals surface area contributed by atoms with Gasteiger partial charge in [-0.1, -0.05) is 0 Å². The Balaban J connectivity index is 1.67. The first-order chi connectivity index (χ1) is 14.6. The molecule has 0 bridgehead atoms. The third-order valence-corrected chi connectivity index (χ3v) is 5.95. The van der Waals surface area contributed by atoms with Crippen molar-refractivity contribution in [2.24, 2.45) is 0 Å². The Kier molecular flexibility index (Phi) is 6.35. The molecule has 2 aromatic heterocycles. The van der Waals surface area contributed by atoms with Crippen LogP contribution in [0.25, 0.3) is 0 Å². The van der Waals surface area contributed by atoms with Crippen LogP contribution in [0.2, 0.25) is 0 Å². The third kappa shape index (κ3) is 4.07. The molecular formula is C20H29N7O3. The number of piperidine rings is 1. The number of morpholine rings is 1. The van der Waals surface area contributed by atoms with Gasteiger partial charge in [-0.15, -0.1) is 5.10 Å². The number of likely N-dealkylation sites (tertiary alicyclic amines) is 1. The maximum absolute atomic E-state index is 13.3. The highest BCUT2D eigenvalue weighted by atomic mass is 16.5. The Morgan fingerprint density at radius 2 is 2.10 bits per heavy atom. The predicted octanol–water partition coefficient (Wildman–Crippen LogP) is 0.487. The minimum Gasteiger partial charge on any atom is -0.383 e. The fourth-order valence-corrected chi connectivity index (χ4v) is 4.50. The SMILES string of the molecule is COCCn1nnnc1C1(N2CCOCC2)CCCN(C(=O)c2cncc(C)c2)C1. The molecule has 0 radical (unpaired) electrons. The Hall–Kier alpha value is -2.43. The van der Waals surface area contributed by atoms with Crippen LogP contribution in [-0.2, 0) is 21.6 Å². The number of methoxy groups -OCH3 is 1. The number of nitrogens with zero attached hydrogens (tertiary/aromatic N) is 7. The van der Waals surface area contributed by atoms with E-state index in [0.29, 0.717) is 45.0 Å². The second-order valence-corrected chi connectivity index (χ2v) is 7.93. The van der Waals surface area contributed by atoms with Gasteiger partial charge >= 0.3 is 0 Å². The van der Waals surface area contributed by atoms with Gasteiger partial charge in [-0.05, 0) is 41.8 Å². The van der Waals surface area contributed by atoms with Gasteiger partial charge in [0.15, 0.2) is 5.82 Å². The van der Waals surface area contributed by atoms with Crippen LogP contribution in [0.4, 0.5) is 0 Å². The van der Waals surface area contributed by atoms with Gasteiger partial charge in [0.2, 0.25) is 0 Å². The zero-order valence-corrected chi connectivity index (χ0v) is 17.7. The molecule has 0 aromatic carbocycles. The van der Waals surface area contributed by atoms with E-state index in [4.69, 9.17) is 9.47 Å². The molecule has 2 aliphatic heterocycles. The van der Waals surface area contributed by atoms with Crippen molar-refractivity contribution < 1.29 is 14.3 Å². The molecule has 30 heavy (non-hydrogen) atoms. The fraction of sp³-hybridized carbons (Fsp3) is 0.650. The summed E-state index contributed by atoms with van der Waals surface area (Å²) in [6.07, 6.45) is 5.16. The highest BCUT2D eigenvalue weighted by Gasteiger charge is 2.47. The number of hydrogen-bond acceptors (Lipinski definition) is 8. The number of aromatic nitrogens is 5. The molecule has 2 aromatic rings. The number of aryl methyl sites for hydroxylation is 1. The van der Waals surface area contributed by atoms with Gasteiger partial charge in [-0.3, -0.25) is 14.7 Å². The standard InChI is InChI=1S/C20H29N7O3/c1-16-12-17(14-21-13-16)18(28)25-5-3-4-20(15-25,26-6-10-30-11-7-26)19-22-23-24-27(19)8-9-29-2/h12-14H,3-11,15H2,1-2H3. The van der Waals surface area contributed by atoms with E-state index < -0.39 is 5.54 Å². The van der Waals surface area contributed by atoms with E-state index in [9.17, 15) is 4.79 Å². The van der Waals surface area contributed by atoms with Gasteiger partial charge in [-0.2, -0.15) is 0 Å². The molecule has 0 N–H and O–H groups in total. The van der Waals surface area contributed by atoms with Gasteiger partial charge in [0, 0.05) is 45.7 Å². The molecule has 2 saturated heterocycles. The molecule has 0 spiro atoms. The van der Waals surface area contributed by atoms with E-state index in [1.165, 1.54) is 0 Å². The maximum atomic E-state index is 13.3. The van der Waals surface area contributed by atoms with Crippen LogP contribution in [-0.4, -0.2) is 94.0 Å². The topological polar surface area (TPSA) is 98.5 Å². The van der Waals surface area contributed by atoms with E-state index in [2.05, 4.69) is 25.4 Å². The highest BCUT2D eigenvalue weighted by Crippen LogP contribution is 2.37. The zero-order chi connectivity index (χ0) is 21.0. The number of ether oxygens (including phenoxy) is 2. The summed E-state index contributed by atoms with van der Waals surface area (Å²) in [7, 11) is 1.67. The number of carbonyl (C=O) groups is 1. The molecule has 1 atom stereocenters. The molecule has 4 rings (SSSR count). The quantitative estimate of drug-likeness (QED) is 0.672. The summed E-state index contributed by atoms with van der Waals surface area (Å²) in [5, 5.41) is 12.6. The number of tetrazole rings is 1. The van der Waals surface area contributed by atoms with Crippen LogP contribution in [0.3, 0.4) is 0 Å². The van der Waals surface area contributed by atoms with Crippen LogP contribution >= 0.6 is 0 Å². The lowest BCUT2D eigenvalue weighted by Crippen LogP contribution is -2.61. The highest BCUT2D eigenvalue weighted by molar-refractivity contribution is 5.94. The maximum Gasteiger partial charge on any atom is 0.255 e. The number of hydrogen-bond donors (Lipinski definition) is 0. The molecule has 2 fully saturated rings. The van der Waals surface area contributed by atoms with E-state index in [-0.39, 0.29) is 5.91 Å². The minimum absolute atomic E-state index is 0.000509. The second kappa shape index (κ2) is 9.15. The van der Waals surface area contributed by atoms with Gasteiger partial charge in [0.25, 0.3) is 5.91 Å². The Labute approximate surface area is 176 Å². The van der Waals surface area contributed by atoms with Crippen molar-refractivity contribution in [3.63, 3.8) is 0 Å². The zero-order valence-electron chi connectivity index (χ0n) is 17.7. The average Bonchev–Trinajstić information content (AvgIpc) is 3.27. The molecule has 10 heteroatoms. The van der Waals surface area contributed by atoms with Crippen LogP contribution < -0.4 is 0 Å². The van der Waals surface area contributed by atoms with Gasteiger partial charge in [0.05, 0.1) is 31.9 Å².